The van der Waals surface area contributed by atoms with Crippen molar-refractivity contribution in [2.75, 3.05) is 26.4 Å². The van der Waals surface area contributed by atoms with Crippen molar-refractivity contribution in [2.45, 2.75) is 26.2 Å². The molecule has 0 aromatic rings. The molecule has 0 saturated heterocycles. The number of carbonyl (C=O) groups is 1. The summed E-state index contributed by atoms with van der Waals surface area (Å²) in [5.74, 6) is -0.364. The fourth-order valence-corrected chi connectivity index (χ4v) is 0.849. The van der Waals surface area contributed by atoms with Crippen molar-refractivity contribution in [3.05, 3.63) is 0 Å². The van der Waals surface area contributed by atoms with E-state index in [1.807, 2.05) is 0 Å². The van der Waals surface area contributed by atoms with Crippen molar-refractivity contribution in [1.82, 2.24) is 0 Å². The highest BCUT2D eigenvalue weighted by molar-refractivity contribution is 5.69. The Balaban J connectivity index is 3.69. The normalized spacial score (nSPS) is 11.5. The zero-order chi connectivity index (χ0) is 11.7. The Hall–Kier alpha value is -0.650. The lowest BCUT2D eigenvalue weighted by molar-refractivity contribution is -0.149. The molecule has 3 N–H and O–H groups in total. The average Bonchev–Trinajstić information content (AvgIpc) is 2.26. The second-order valence-corrected chi connectivity index (χ2v) is 3.97. The van der Waals surface area contributed by atoms with Crippen molar-refractivity contribution in [3.8, 4) is 0 Å². The van der Waals surface area contributed by atoms with Gasteiger partial charge in [0.1, 0.15) is 6.61 Å². The van der Waals surface area contributed by atoms with Crippen LogP contribution in [-0.2, 0) is 9.53 Å². The number of esters is 1. The van der Waals surface area contributed by atoms with Crippen LogP contribution in [0.15, 0.2) is 0 Å². The van der Waals surface area contributed by atoms with Crippen LogP contribution in [0.4, 0.5) is 0 Å². The van der Waals surface area contributed by atoms with Crippen LogP contribution in [-0.4, -0.2) is 47.7 Å². The van der Waals surface area contributed by atoms with E-state index >= 15 is 0 Å². The average molecular weight is 220 g/mol. The fraction of sp³-hybridized carbons (Fsp3) is 0.900. The predicted octanol–water partition coefficient (Wildman–Crippen LogP) is -0.317. The summed E-state index contributed by atoms with van der Waals surface area (Å²) in [5, 5.41) is 26.4. The van der Waals surface area contributed by atoms with Gasteiger partial charge < -0.3 is 20.1 Å². The maximum atomic E-state index is 11.1. The summed E-state index contributed by atoms with van der Waals surface area (Å²) < 4.78 is 4.89. The van der Waals surface area contributed by atoms with Gasteiger partial charge in [-0.3, -0.25) is 4.79 Å². The molecule has 0 aromatic heterocycles. The Bertz CT molecular complexity index is 177. The highest BCUT2D eigenvalue weighted by Gasteiger charge is 2.24. The molecule has 0 radical (unpaired) electrons. The maximum absolute atomic E-state index is 11.1. The Morgan fingerprint density at radius 3 is 2.27 bits per heavy atom. The van der Waals surface area contributed by atoms with Crippen molar-refractivity contribution in [3.63, 3.8) is 0 Å². The molecule has 0 unspecified atom stereocenters. The minimum atomic E-state index is -0.771. The van der Waals surface area contributed by atoms with Crippen molar-refractivity contribution >= 4 is 5.97 Å². The number of rotatable bonds is 8. The largest absolute Gasteiger partial charge is 0.465 e. The Morgan fingerprint density at radius 1 is 1.20 bits per heavy atom. The van der Waals surface area contributed by atoms with Crippen LogP contribution in [0.1, 0.15) is 26.2 Å². The van der Waals surface area contributed by atoms with Crippen LogP contribution in [0, 0.1) is 5.41 Å². The van der Waals surface area contributed by atoms with Crippen LogP contribution in [0.2, 0.25) is 0 Å². The summed E-state index contributed by atoms with van der Waals surface area (Å²) in [6, 6.07) is 0. The van der Waals surface area contributed by atoms with Gasteiger partial charge in [-0.05, 0) is 12.8 Å². The number of aliphatic hydroxyl groups is 3. The van der Waals surface area contributed by atoms with Crippen molar-refractivity contribution < 1.29 is 24.9 Å². The highest BCUT2D eigenvalue weighted by atomic mass is 16.5. The molecule has 0 heterocycles. The SMILES string of the molecule is CC(CO)(CO)COC(=O)CCCCO. The lowest BCUT2D eigenvalue weighted by Crippen LogP contribution is -2.32. The van der Waals surface area contributed by atoms with E-state index in [0.717, 1.165) is 0 Å². The first-order chi connectivity index (χ1) is 7.08. The number of hydrogen-bond donors (Lipinski definition) is 3. The number of carbonyl (C=O) groups excluding carboxylic acids is 1. The molecule has 90 valence electrons. The van der Waals surface area contributed by atoms with E-state index in [4.69, 9.17) is 20.1 Å². The summed E-state index contributed by atoms with van der Waals surface area (Å²) in [6.45, 7) is 1.26. The first-order valence-electron chi connectivity index (χ1n) is 5.06. The van der Waals surface area contributed by atoms with Gasteiger partial charge in [0, 0.05) is 18.4 Å². The molecule has 5 heteroatoms. The molecule has 15 heavy (non-hydrogen) atoms. The number of unbranched alkanes of at least 4 members (excludes halogenated alkanes) is 1. The summed E-state index contributed by atoms with van der Waals surface area (Å²) in [6.07, 6.45) is 1.42. The smallest absolute Gasteiger partial charge is 0.305 e. The van der Waals surface area contributed by atoms with E-state index in [0.29, 0.717) is 12.8 Å². The van der Waals surface area contributed by atoms with Gasteiger partial charge in [0.2, 0.25) is 0 Å². The molecular formula is C10H20O5. The van der Waals surface area contributed by atoms with Crippen LogP contribution in [0.5, 0.6) is 0 Å². The summed E-state index contributed by atoms with van der Waals surface area (Å²) in [4.78, 5) is 11.1. The van der Waals surface area contributed by atoms with Gasteiger partial charge in [0.05, 0.1) is 13.2 Å². The van der Waals surface area contributed by atoms with E-state index in [-0.39, 0.29) is 38.8 Å². The molecule has 0 spiro atoms. The van der Waals surface area contributed by atoms with Crippen LogP contribution >= 0.6 is 0 Å². The molecule has 0 aliphatic heterocycles. The molecule has 0 aliphatic carbocycles. The first kappa shape index (κ1) is 14.3. The topological polar surface area (TPSA) is 87.0 Å². The number of hydrogen-bond acceptors (Lipinski definition) is 5. The second-order valence-electron chi connectivity index (χ2n) is 3.97. The second kappa shape index (κ2) is 7.62. The van der Waals surface area contributed by atoms with Gasteiger partial charge in [-0.15, -0.1) is 0 Å². The highest BCUT2D eigenvalue weighted by Crippen LogP contribution is 2.14. The van der Waals surface area contributed by atoms with E-state index in [1.165, 1.54) is 0 Å². The zero-order valence-corrected chi connectivity index (χ0v) is 9.11. The van der Waals surface area contributed by atoms with Crippen LogP contribution in [0.3, 0.4) is 0 Å². The van der Waals surface area contributed by atoms with E-state index in [1.54, 1.807) is 6.92 Å². The van der Waals surface area contributed by atoms with Crippen molar-refractivity contribution in [1.29, 1.82) is 0 Å². The standard InChI is InChI=1S/C10H20O5/c1-10(6-12,7-13)8-15-9(14)4-2-3-5-11/h11-13H,2-8H2,1H3. The monoisotopic (exact) mass is 220 g/mol. The molecule has 5 nitrogen and oxygen atoms in total. The van der Waals surface area contributed by atoms with Crippen LogP contribution in [0.25, 0.3) is 0 Å². The van der Waals surface area contributed by atoms with Gasteiger partial charge in [-0.1, -0.05) is 6.92 Å². The van der Waals surface area contributed by atoms with Gasteiger partial charge in [0.25, 0.3) is 0 Å². The maximum Gasteiger partial charge on any atom is 0.305 e. The molecule has 0 rings (SSSR count). The minimum absolute atomic E-state index is 0.0119. The molecule has 0 amide bonds. The molecule has 0 atom stereocenters. The molecule has 0 bridgehead atoms. The molecule has 0 saturated carbocycles. The van der Waals surface area contributed by atoms with Gasteiger partial charge in [-0.25, -0.2) is 0 Å². The molecule has 0 fully saturated rings. The third-order valence-electron chi connectivity index (χ3n) is 2.13. The van der Waals surface area contributed by atoms with Crippen LogP contribution < -0.4 is 0 Å². The summed E-state index contributed by atoms with van der Waals surface area (Å²) in [7, 11) is 0. The molecular weight excluding hydrogens is 200 g/mol. The lowest BCUT2D eigenvalue weighted by Gasteiger charge is -2.23. The third-order valence-corrected chi connectivity index (χ3v) is 2.13. The van der Waals surface area contributed by atoms with Crippen molar-refractivity contribution in [2.24, 2.45) is 5.41 Å². The molecule has 0 aromatic carbocycles. The molecule has 0 aliphatic rings. The van der Waals surface area contributed by atoms with E-state index < -0.39 is 5.41 Å². The first-order valence-corrected chi connectivity index (χ1v) is 5.06. The Morgan fingerprint density at radius 2 is 1.80 bits per heavy atom. The zero-order valence-electron chi connectivity index (χ0n) is 9.11. The lowest BCUT2D eigenvalue weighted by atomic mass is 9.94. The van der Waals surface area contributed by atoms with Gasteiger partial charge in [-0.2, -0.15) is 0 Å². The number of ether oxygens (including phenoxy) is 1. The minimum Gasteiger partial charge on any atom is -0.465 e. The quantitative estimate of drug-likeness (QED) is 0.385. The third kappa shape index (κ3) is 6.43. The van der Waals surface area contributed by atoms with Gasteiger partial charge >= 0.3 is 5.97 Å². The Kier molecular flexibility index (Phi) is 7.29. The summed E-state index contributed by atoms with van der Waals surface area (Å²) >= 11 is 0. The predicted molar refractivity (Wildman–Crippen MR) is 54.2 cm³/mol. The van der Waals surface area contributed by atoms with E-state index in [9.17, 15) is 4.79 Å². The summed E-state index contributed by atoms with van der Waals surface area (Å²) in [5.41, 5.74) is -0.771. The number of aliphatic hydroxyl groups excluding tert-OH is 3. The Labute approximate surface area is 89.7 Å². The van der Waals surface area contributed by atoms with Gasteiger partial charge in [0.15, 0.2) is 0 Å². The van der Waals surface area contributed by atoms with E-state index in [2.05, 4.69) is 0 Å². The fourth-order valence-electron chi connectivity index (χ4n) is 0.849.